The second-order valence-corrected chi connectivity index (χ2v) is 5.24. The summed E-state index contributed by atoms with van der Waals surface area (Å²) in [6, 6.07) is 5.72. The van der Waals surface area contributed by atoms with Gasteiger partial charge in [0.25, 0.3) is 0 Å². The van der Waals surface area contributed by atoms with Crippen molar-refractivity contribution >= 4 is 28.8 Å². The Kier molecular flexibility index (Phi) is 4.16. The van der Waals surface area contributed by atoms with E-state index in [0.29, 0.717) is 15.8 Å². The molecular formula is C12H16ClNOS. The molecular weight excluding hydrogens is 242 g/mol. The van der Waals surface area contributed by atoms with E-state index in [1.807, 2.05) is 32.0 Å². The van der Waals surface area contributed by atoms with E-state index in [9.17, 15) is 0 Å². The highest BCUT2D eigenvalue weighted by Gasteiger charge is 2.22. The van der Waals surface area contributed by atoms with Crippen molar-refractivity contribution in [2.75, 3.05) is 7.11 Å². The smallest absolute Gasteiger partial charge is 0.137 e. The Morgan fingerprint density at radius 3 is 2.56 bits per heavy atom. The average Bonchev–Trinajstić information content (AvgIpc) is 2.17. The Balaban J connectivity index is 2.91. The summed E-state index contributed by atoms with van der Waals surface area (Å²) < 4.78 is 5.10. The number of hydrogen-bond donors (Lipinski definition) is 1. The van der Waals surface area contributed by atoms with Crippen molar-refractivity contribution in [2.24, 2.45) is 11.1 Å². The third-order valence-electron chi connectivity index (χ3n) is 2.53. The summed E-state index contributed by atoms with van der Waals surface area (Å²) >= 11 is 11.1. The molecule has 0 aliphatic rings. The van der Waals surface area contributed by atoms with E-state index in [1.165, 1.54) is 0 Å². The maximum absolute atomic E-state index is 6.05. The zero-order valence-corrected chi connectivity index (χ0v) is 11.3. The van der Waals surface area contributed by atoms with E-state index in [2.05, 4.69) is 0 Å². The van der Waals surface area contributed by atoms with Crippen LogP contribution in [0.5, 0.6) is 5.75 Å². The maximum Gasteiger partial charge on any atom is 0.137 e. The predicted octanol–water partition coefficient (Wildman–Crippen LogP) is 3.20. The van der Waals surface area contributed by atoms with Crippen LogP contribution in [-0.4, -0.2) is 12.1 Å². The molecule has 1 rings (SSSR count). The Morgan fingerprint density at radius 1 is 1.50 bits per heavy atom. The molecule has 0 aliphatic carbocycles. The van der Waals surface area contributed by atoms with Crippen LogP contribution in [-0.2, 0) is 6.42 Å². The summed E-state index contributed by atoms with van der Waals surface area (Å²) in [7, 11) is 1.60. The van der Waals surface area contributed by atoms with Gasteiger partial charge in [-0.15, -0.1) is 0 Å². The van der Waals surface area contributed by atoms with Crippen LogP contribution in [0.15, 0.2) is 18.2 Å². The van der Waals surface area contributed by atoms with Crippen molar-refractivity contribution < 1.29 is 4.74 Å². The zero-order valence-electron chi connectivity index (χ0n) is 9.71. The number of hydrogen-bond acceptors (Lipinski definition) is 2. The van der Waals surface area contributed by atoms with Crippen LogP contribution < -0.4 is 10.5 Å². The van der Waals surface area contributed by atoms with Crippen molar-refractivity contribution in [1.29, 1.82) is 0 Å². The molecule has 0 fully saturated rings. The molecule has 4 heteroatoms. The van der Waals surface area contributed by atoms with Gasteiger partial charge in [0, 0.05) is 5.41 Å². The van der Waals surface area contributed by atoms with E-state index < -0.39 is 0 Å². The molecule has 0 amide bonds. The van der Waals surface area contributed by atoms with Gasteiger partial charge in [-0.2, -0.15) is 0 Å². The molecule has 0 bridgehead atoms. The first-order valence-corrected chi connectivity index (χ1v) is 5.78. The first kappa shape index (κ1) is 13.3. The number of nitrogens with two attached hydrogens (primary N) is 1. The third kappa shape index (κ3) is 3.09. The highest BCUT2D eigenvalue weighted by atomic mass is 35.5. The summed E-state index contributed by atoms with van der Waals surface area (Å²) in [5.74, 6) is 0.679. The lowest BCUT2D eigenvalue weighted by Crippen LogP contribution is -2.31. The number of halogens is 1. The Labute approximate surface area is 107 Å². The molecule has 0 unspecified atom stereocenters. The average molecular weight is 258 g/mol. The van der Waals surface area contributed by atoms with Crippen molar-refractivity contribution in [2.45, 2.75) is 20.3 Å². The molecule has 0 radical (unpaired) electrons. The van der Waals surface area contributed by atoms with Gasteiger partial charge in [-0.25, -0.2) is 0 Å². The normalized spacial score (nSPS) is 11.2. The van der Waals surface area contributed by atoms with Gasteiger partial charge in [-0.3, -0.25) is 0 Å². The third-order valence-corrected chi connectivity index (χ3v) is 3.38. The van der Waals surface area contributed by atoms with E-state index >= 15 is 0 Å². The van der Waals surface area contributed by atoms with Crippen molar-refractivity contribution in [1.82, 2.24) is 0 Å². The molecule has 0 atom stereocenters. The maximum atomic E-state index is 6.05. The Morgan fingerprint density at radius 2 is 2.12 bits per heavy atom. The van der Waals surface area contributed by atoms with Gasteiger partial charge < -0.3 is 10.5 Å². The zero-order chi connectivity index (χ0) is 12.3. The van der Waals surface area contributed by atoms with Gasteiger partial charge in [0.2, 0.25) is 0 Å². The van der Waals surface area contributed by atoms with Gasteiger partial charge in [0.05, 0.1) is 17.1 Å². The van der Waals surface area contributed by atoms with Crippen LogP contribution in [0.25, 0.3) is 0 Å². The minimum Gasteiger partial charge on any atom is -0.495 e. The largest absolute Gasteiger partial charge is 0.495 e. The van der Waals surface area contributed by atoms with Crippen LogP contribution in [0, 0.1) is 5.41 Å². The topological polar surface area (TPSA) is 35.2 Å². The first-order valence-electron chi connectivity index (χ1n) is 4.99. The molecule has 2 N–H and O–H groups in total. The number of rotatable bonds is 4. The molecule has 88 valence electrons. The van der Waals surface area contributed by atoms with Gasteiger partial charge in [-0.05, 0) is 24.1 Å². The van der Waals surface area contributed by atoms with E-state index in [-0.39, 0.29) is 5.41 Å². The lowest BCUT2D eigenvalue weighted by molar-refractivity contribution is 0.414. The van der Waals surface area contributed by atoms with E-state index in [1.54, 1.807) is 7.11 Å². The molecule has 0 aliphatic heterocycles. The fraction of sp³-hybridized carbons (Fsp3) is 0.417. The second kappa shape index (κ2) is 5.02. The Bertz CT molecular complexity index is 404. The van der Waals surface area contributed by atoms with Gasteiger partial charge >= 0.3 is 0 Å². The lowest BCUT2D eigenvalue weighted by Gasteiger charge is -2.23. The summed E-state index contributed by atoms with van der Waals surface area (Å²) in [4.78, 5) is 0.513. The SMILES string of the molecule is COc1ccc(CC(C)(C)C(N)=S)cc1Cl. The number of benzene rings is 1. The van der Waals surface area contributed by atoms with Crippen molar-refractivity contribution in [3.05, 3.63) is 28.8 Å². The fourth-order valence-corrected chi connectivity index (χ4v) is 1.77. The summed E-state index contributed by atoms with van der Waals surface area (Å²) in [5, 5.41) is 0.610. The van der Waals surface area contributed by atoms with E-state index in [0.717, 1.165) is 12.0 Å². The minimum absolute atomic E-state index is 0.201. The monoisotopic (exact) mass is 257 g/mol. The first-order chi connectivity index (χ1) is 7.36. The molecule has 0 saturated heterocycles. The summed E-state index contributed by atoms with van der Waals surface area (Å²) in [5.41, 5.74) is 6.59. The van der Waals surface area contributed by atoms with Crippen LogP contribution in [0.3, 0.4) is 0 Å². The standard InChI is InChI=1S/C12H16ClNOS/c1-12(2,11(14)16)7-8-4-5-10(15-3)9(13)6-8/h4-6H,7H2,1-3H3,(H2,14,16). The number of ether oxygens (including phenoxy) is 1. The van der Waals surface area contributed by atoms with Crippen molar-refractivity contribution in [3.8, 4) is 5.75 Å². The van der Waals surface area contributed by atoms with E-state index in [4.69, 9.17) is 34.3 Å². The van der Waals surface area contributed by atoms with Crippen molar-refractivity contribution in [3.63, 3.8) is 0 Å². The second-order valence-electron chi connectivity index (χ2n) is 4.39. The predicted molar refractivity (Wildman–Crippen MR) is 72.3 cm³/mol. The molecule has 1 aromatic rings. The lowest BCUT2D eigenvalue weighted by atomic mass is 9.86. The fourth-order valence-electron chi connectivity index (χ4n) is 1.42. The Hall–Kier alpha value is -0.800. The minimum atomic E-state index is -0.201. The molecule has 1 aromatic carbocycles. The van der Waals surface area contributed by atoms with Gasteiger partial charge in [-0.1, -0.05) is 43.7 Å². The molecule has 0 aromatic heterocycles. The molecule has 0 spiro atoms. The van der Waals surface area contributed by atoms with Gasteiger partial charge in [0.1, 0.15) is 5.75 Å². The van der Waals surface area contributed by atoms with Gasteiger partial charge in [0.15, 0.2) is 0 Å². The highest BCUT2D eigenvalue weighted by Crippen LogP contribution is 2.29. The summed E-state index contributed by atoms with van der Waals surface area (Å²) in [6.07, 6.45) is 0.770. The molecule has 0 heterocycles. The number of methoxy groups -OCH3 is 1. The number of thiocarbonyl (C=S) groups is 1. The summed E-state index contributed by atoms with van der Waals surface area (Å²) in [6.45, 7) is 4.04. The molecule has 2 nitrogen and oxygen atoms in total. The molecule has 16 heavy (non-hydrogen) atoms. The quantitative estimate of drug-likeness (QED) is 0.842. The highest BCUT2D eigenvalue weighted by molar-refractivity contribution is 7.80. The van der Waals surface area contributed by atoms with Crippen LogP contribution in [0.1, 0.15) is 19.4 Å². The van der Waals surface area contributed by atoms with Crippen LogP contribution >= 0.6 is 23.8 Å². The van der Waals surface area contributed by atoms with Crippen LogP contribution in [0.2, 0.25) is 5.02 Å². The molecule has 0 saturated carbocycles. The van der Waals surface area contributed by atoms with Crippen LogP contribution in [0.4, 0.5) is 0 Å².